The second-order valence-electron chi connectivity index (χ2n) is 4.94. The van der Waals surface area contributed by atoms with Crippen molar-refractivity contribution in [1.82, 2.24) is 5.32 Å². The summed E-state index contributed by atoms with van der Waals surface area (Å²) in [7, 11) is 0. The van der Waals surface area contributed by atoms with E-state index in [9.17, 15) is 4.39 Å². The molecule has 0 fully saturated rings. The zero-order chi connectivity index (χ0) is 14.5. The van der Waals surface area contributed by atoms with Crippen LogP contribution in [0.25, 0.3) is 0 Å². The molecule has 0 aliphatic rings. The van der Waals surface area contributed by atoms with E-state index in [1.807, 2.05) is 6.07 Å². The molecule has 0 aliphatic heterocycles. The summed E-state index contributed by atoms with van der Waals surface area (Å²) in [4.78, 5) is 0. The first-order valence-electron chi connectivity index (χ1n) is 6.58. The molecular formula is C17H17FN2. The lowest BCUT2D eigenvalue weighted by Gasteiger charge is -2.14. The van der Waals surface area contributed by atoms with Crippen molar-refractivity contribution in [1.29, 1.82) is 5.26 Å². The van der Waals surface area contributed by atoms with E-state index >= 15 is 0 Å². The lowest BCUT2D eigenvalue weighted by atomic mass is 10.1. The van der Waals surface area contributed by atoms with Crippen molar-refractivity contribution < 1.29 is 4.39 Å². The normalized spacial score (nSPS) is 11.9. The second kappa shape index (κ2) is 6.31. The molecule has 0 heterocycles. The Bertz CT molecular complexity index is 626. The van der Waals surface area contributed by atoms with Crippen molar-refractivity contribution >= 4 is 0 Å². The van der Waals surface area contributed by atoms with Crippen molar-refractivity contribution in [3.05, 3.63) is 70.5 Å². The minimum absolute atomic E-state index is 0.0901. The first kappa shape index (κ1) is 14.2. The highest BCUT2D eigenvalue weighted by atomic mass is 19.1. The molecule has 3 heteroatoms. The molecule has 0 aromatic heterocycles. The van der Waals surface area contributed by atoms with Crippen LogP contribution in [0.2, 0.25) is 0 Å². The third kappa shape index (κ3) is 3.43. The van der Waals surface area contributed by atoms with Crippen LogP contribution in [0.5, 0.6) is 0 Å². The van der Waals surface area contributed by atoms with Crippen molar-refractivity contribution in [3.8, 4) is 6.07 Å². The van der Waals surface area contributed by atoms with Crippen LogP contribution in [0.1, 0.15) is 35.2 Å². The molecular weight excluding hydrogens is 251 g/mol. The summed E-state index contributed by atoms with van der Waals surface area (Å²) in [6.45, 7) is 4.74. The molecule has 0 saturated heterocycles. The molecule has 2 nitrogen and oxygen atoms in total. The van der Waals surface area contributed by atoms with Gasteiger partial charge < -0.3 is 5.32 Å². The molecule has 102 valence electrons. The molecule has 0 radical (unpaired) electrons. The van der Waals surface area contributed by atoms with Gasteiger partial charge in [-0.1, -0.05) is 35.9 Å². The summed E-state index contributed by atoms with van der Waals surface area (Å²) in [5.41, 5.74) is 3.44. The zero-order valence-electron chi connectivity index (χ0n) is 11.7. The van der Waals surface area contributed by atoms with Crippen molar-refractivity contribution in [2.45, 2.75) is 26.4 Å². The van der Waals surface area contributed by atoms with Gasteiger partial charge in [0.1, 0.15) is 11.9 Å². The Hall–Kier alpha value is -2.18. The molecule has 0 saturated carbocycles. The first-order valence-corrected chi connectivity index (χ1v) is 6.58. The van der Waals surface area contributed by atoms with Crippen LogP contribution >= 0.6 is 0 Å². The highest BCUT2D eigenvalue weighted by molar-refractivity contribution is 5.34. The lowest BCUT2D eigenvalue weighted by Crippen LogP contribution is -2.18. The smallest absolute Gasteiger partial charge is 0.140 e. The summed E-state index contributed by atoms with van der Waals surface area (Å²) >= 11 is 0. The number of rotatable bonds is 4. The number of halogens is 1. The van der Waals surface area contributed by atoms with E-state index in [1.165, 1.54) is 17.2 Å². The van der Waals surface area contributed by atoms with Gasteiger partial charge in [-0.15, -0.1) is 0 Å². The molecule has 20 heavy (non-hydrogen) atoms. The fourth-order valence-electron chi connectivity index (χ4n) is 2.01. The van der Waals surface area contributed by atoms with E-state index in [1.54, 1.807) is 12.1 Å². The molecule has 1 atom stereocenters. The summed E-state index contributed by atoms with van der Waals surface area (Å²) < 4.78 is 13.2. The Morgan fingerprint density at radius 1 is 1.20 bits per heavy atom. The quantitative estimate of drug-likeness (QED) is 0.914. The maximum atomic E-state index is 13.2. The van der Waals surface area contributed by atoms with Gasteiger partial charge in [0, 0.05) is 12.6 Å². The predicted octanol–water partition coefficient (Wildman–Crippen LogP) is 3.86. The highest BCUT2D eigenvalue weighted by Crippen LogP contribution is 2.15. The monoisotopic (exact) mass is 268 g/mol. The van der Waals surface area contributed by atoms with Crippen molar-refractivity contribution in [3.63, 3.8) is 0 Å². The summed E-state index contributed by atoms with van der Waals surface area (Å²) in [6, 6.07) is 15.0. The summed E-state index contributed by atoms with van der Waals surface area (Å²) in [5, 5.41) is 12.2. The molecule has 0 unspecified atom stereocenters. The van der Waals surface area contributed by atoms with Crippen LogP contribution in [-0.2, 0) is 6.54 Å². The van der Waals surface area contributed by atoms with E-state index in [0.717, 1.165) is 5.56 Å². The van der Waals surface area contributed by atoms with Crippen LogP contribution in [0.15, 0.2) is 42.5 Å². The minimum Gasteiger partial charge on any atom is -0.306 e. The maximum absolute atomic E-state index is 13.2. The van der Waals surface area contributed by atoms with Gasteiger partial charge >= 0.3 is 0 Å². The standard InChI is InChI=1S/C17H17FN2/c1-12-3-6-15(7-4-12)13(2)20-11-14-5-8-17(18)16(9-14)10-19/h3-9,13,20H,11H2,1-2H3/t13-/m1/s1. The Balaban J connectivity index is 2.01. The zero-order valence-corrected chi connectivity index (χ0v) is 11.7. The molecule has 0 spiro atoms. The van der Waals surface area contributed by atoms with Gasteiger partial charge in [-0.05, 0) is 37.1 Å². The Morgan fingerprint density at radius 3 is 2.55 bits per heavy atom. The average Bonchev–Trinajstić information content (AvgIpc) is 2.46. The van der Waals surface area contributed by atoms with Gasteiger partial charge in [-0.25, -0.2) is 4.39 Å². The Labute approximate surface area is 118 Å². The van der Waals surface area contributed by atoms with Crippen LogP contribution in [0, 0.1) is 24.1 Å². The predicted molar refractivity (Wildman–Crippen MR) is 77.5 cm³/mol. The molecule has 0 bridgehead atoms. The number of benzene rings is 2. The van der Waals surface area contributed by atoms with E-state index < -0.39 is 5.82 Å². The van der Waals surface area contributed by atoms with Gasteiger partial charge in [-0.2, -0.15) is 5.26 Å². The third-order valence-corrected chi connectivity index (χ3v) is 3.34. The van der Waals surface area contributed by atoms with E-state index in [2.05, 4.69) is 43.4 Å². The SMILES string of the molecule is Cc1ccc([C@@H](C)NCc2ccc(F)c(C#N)c2)cc1. The second-order valence-corrected chi connectivity index (χ2v) is 4.94. The van der Waals surface area contributed by atoms with Gasteiger partial charge in [0.15, 0.2) is 0 Å². The van der Waals surface area contributed by atoms with E-state index in [4.69, 9.17) is 5.26 Å². The number of nitriles is 1. The van der Waals surface area contributed by atoms with Crippen molar-refractivity contribution in [2.24, 2.45) is 0 Å². The van der Waals surface area contributed by atoms with Gasteiger partial charge in [0.25, 0.3) is 0 Å². The number of nitrogens with zero attached hydrogens (tertiary/aromatic N) is 1. The molecule has 1 N–H and O–H groups in total. The number of aryl methyl sites for hydroxylation is 1. The van der Waals surface area contributed by atoms with Gasteiger partial charge in [0.2, 0.25) is 0 Å². The summed E-state index contributed by atoms with van der Waals surface area (Å²) in [5.74, 6) is -0.470. The molecule has 2 rings (SSSR count). The average molecular weight is 268 g/mol. The largest absolute Gasteiger partial charge is 0.306 e. The fourth-order valence-corrected chi connectivity index (χ4v) is 2.01. The van der Waals surface area contributed by atoms with E-state index in [0.29, 0.717) is 6.54 Å². The van der Waals surface area contributed by atoms with Crippen LogP contribution in [0.3, 0.4) is 0 Å². The topological polar surface area (TPSA) is 35.8 Å². The molecule has 0 amide bonds. The third-order valence-electron chi connectivity index (χ3n) is 3.34. The van der Waals surface area contributed by atoms with Gasteiger partial charge in [0.05, 0.1) is 5.56 Å². The van der Waals surface area contributed by atoms with Gasteiger partial charge in [-0.3, -0.25) is 0 Å². The highest BCUT2D eigenvalue weighted by Gasteiger charge is 2.06. The fraction of sp³-hybridized carbons (Fsp3) is 0.235. The van der Waals surface area contributed by atoms with Crippen molar-refractivity contribution in [2.75, 3.05) is 0 Å². The number of hydrogen-bond donors (Lipinski definition) is 1. The van der Waals surface area contributed by atoms with E-state index in [-0.39, 0.29) is 11.6 Å². The number of nitrogens with one attached hydrogen (secondary N) is 1. The molecule has 0 aliphatic carbocycles. The molecule has 2 aromatic rings. The first-order chi connectivity index (χ1) is 9.60. The maximum Gasteiger partial charge on any atom is 0.140 e. The van der Waals surface area contributed by atoms with Crippen LogP contribution in [0.4, 0.5) is 4.39 Å². The van der Waals surface area contributed by atoms with Crippen LogP contribution < -0.4 is 5.32 Å². The van der Waals surface area contributed by atoms with Crippen LogP contribution in [-0.4, -0.2) is 0 Å². The lowest BCUT2D eigenvalue weighted by molar-refractivity contribution is 0.572. The summed E-state index contributed by atoms with van der Waals surface area (Å²) in [6.07, 6.45) is 0. The number of hydrogen-bond acceptors (Lipinski definition) is 2. The minimum atomic E-state index is -0.470. The molecule has 2 aromatic carbocycles. The Morgan fingerprint density at radius 2 is 1.90 bits per heavy atom. The Kier molecular flexibility index (Phi) is 4.49.